The lowest BCUT2D eigenvalue weighted by Crippen LogP contribution is -2.38. The predicted octanol–water partition coefficient (Wildman–Crippen LogP) is 1.29. The summed E-state index contributed by atoms with van der Waals surface area (Å²) in [4.78, 5) is 20.0. The van der Waals surface area contributed by atoms with Crippen LogP contribution in [0.15, 0.2) is 30.6 Å². The van der Waals surface area contributed by atoms with Crippen LogP contribution in [0.5, 0.6) is 0 Å². The van der Waals surface area contributed by atoms with Crippen molar-refractivity contribution in [3.63, 3.8) is 0 Å². The van der Waals surface area contributed by atoms with E-state index in [-0.39, 0.29) is 0 Å². The van der Waals surface area contributed by atoms with Gasteiger partial charge in [0.05, 0.1) is 13.2 Å². The molecule has 2 aliphatic rings. The van der Waals surface area contributed by atoms with Gasteiger partial charge in [0.15, 0.2) is 0 Å². The number of pyridine rings is 1. The molecule has 4 rings (SSSR count). The van der Waals surface area contributed by atoms with E-state index in [1.807, 2.05) is 24.4 Å². The first kappa shape index (κ1) is 17.5. The van der Waals surface area contributed by atoms with Gasteiger partial charge in [0.2, 0.25) is 5.95 Å². The molecule has 1 atom stereocenters. The first-order chi connectivity index (χ1) is 13.2. The van der Waals surface area contributed by atoms with Crippen LogP contribution in [0.1, 0.15) is 12.1 Å². The average Bonchev–Trinajstić information content (AvgIpc) is 3.24. The molecule has 0 bridgehead atoms. The second kappa shape index (κ2) is 7.76. The Morgan fingerprint density at radius 2 is 1.96 bits per heavy atom. The van der Waals surface area contributed by atoms with Crippen molar-refractivity contribution in [3.05, 3.63) is 36.3 Å². The summed E-state index contributed by atoms with van der Waals surface area (Å²) < 4.78 is 5.41. The van der Waals surface area contributed by atoms with Crippen molar-refractivity contribution in [1.29, 1.82) is 5.26 Å². The standard InChI is InChI=1S/C19H23N7O/c1-24(18-3-6-22-19(23-18)25-8-10-27-11-9-25)17-4-7-26(14-17)16-2-5-21-15(12-16)13-20/h2-3,5-6,12,17H,4,7-11,14H2,1H3. The maximum Gasteiger partial charge on any atom is 0.227 e. The molecule has 27 heavy (non-hydrogen) atoms. The van der Waals surface area contributed by atoms with Gasteiger partial charge in [0.25, 0.3) is 0 Å². The molecule has 0 aliphatic carbocycles. The van der Waals surface area contributed by atoms with E-state index in [2.05, 4.69) is 37.8 Å². The topological polar surface area (TPSA) is 81.4 Å². The van der Waals surface area contributed by atoms with Crippen LogP contribution in [0.2, 0.25) is 0 Å². The van der Waals surface area contributed by atoms with Gasteiger partial charge in [-0.25, -0.2) is 9.97 Å². The van der Waals surface area contributed by atoms with Gasteiger partial charge < -0.3 is 19.4 Å². The van der Waals surface area contributed by atoms with Crippen LogP contribution in [0.4, 0.5) is 17.5 Å². The Labute approximate surface area is 159 Å². The molecule has 2 aliphatic heterocycles. The number of ether oxygens (including phenoxy) is 1. The van der Waals surface area contributed by atoms with Gasteiger partial charge in [-0.15, -0.1) is 0 Å². The van der Waals surface area contributed by atoms with E-state index in [4.69, 9.17) is 15.0 Å². The van der Waals surface area contributed by atoms with E-state index in [9.17, 15) is 0 Å². The molecule has 8 heteroatoms. The van der Waals surface area contributed by atoms with Gasteiger partial charge >= 0.3 is 0 Å². The molecule has 0 aromatic carbocycles. The maximum atomic E-state index is 9.06. The third kappa shape index (κ3) is 3.78. The number of hydrogen-bond donors (Lipinski definition) is 0. The number of nitriles is 1. The van der Waals surface area contributed by atoms with Crippen molar-refractivity contribution in [1.82, 2.24) is 15.0 Å². The lowest BCUT2D eigenvalue weighted by atomic mass is 10.2. The molecule has 2 fully saturated rings. The highest BCUT2D eigenvalue weighted by Gasteiger charge is 2.27. The summed E-state index contributed by atoms with van der Waals surface area (Å²) in [6, 6.07) is 8.25. The summed E-state index contributed by atoms with van der Waals surface area (Å²) >= 11 is 0. The quantitative estimate of drug-likeness (QED) is 0.802. The van der Waals surface area contributed by atoms with Crippen LogP contribution < -0.4 is 14.7 Å². The zero-order chi connectivity index (χ0) is 18.6. The SMILES string of the molecule is CN(c1ccnc(N2CCOCC2)n1)C1CCN(c2ccnc(C#N)c2)C1. The van der Waals surface area contributed by atoms with Crippen molar-refractivity contribution < 1.29 is 4.74 Å². The fourth-order valence-corrected chi connectivity index (χ4v) is 3.61. The summed E-state index contributed by atoms with van der Waals surface area (Å²) in [6.45, 7) is 4.93. The molecular formula is C19H23N7O. The fraction of sp³-hybridized carbons (Fsp3) is 0.474. The smallest absolute Gasteiger partial charge is 0.227 e. The molecule has 1 unspecified atom stereocenters. The number of rotatable bonds is 4. The van der Waals surface area contributed by atoms with E-state index in [1.54, 1.807) is 6.20 Å². The van der Waals surface area contributed by atoms with E-state index in [0.29, 0.717) is 11.7 Å². The number of nitrogens with zero attached hydrogens (tertiary/aromatic N) is 7. The Morgan fingerprint density at radius 1 is 1.15 bits per heavy atom. The van der Waals surface area contributed by atoms with E-state index in [1.165, 1.54) is 0 Å². The van der Waals surface area contributed by atoms with E-state index in [0.717, 1.165) is 63.3 Å². The Hall–Kier alpha value is -2.92. The molecular weight excluding hydrogens is 342 g/mol. The number of aromatic nitrogens is 3. The molecule has 2 aromatic heterocycles. The highest BCUT2D eigenvalue weighted by atomic mass is 16.5. The maximum absolute atomic E-state index is 9.06. The highest BCUT2D eigenvalue weighted by molar-refractivity contribution is 5.51. The Balaban J connectivity index is 1.45. The zero-order valence-corrected chi connectivity index (χ0v) is 15.5. The number of likely N-dealkylation sites (N-methyl/N-ethyl adjacent to an activating group) is 1. The number of hydrogen-bond acceptors (Lipinski definition) is 8. The Kier molecular flexibility index (Phi) is 5.03. The van der Waals surface area contributed by atoms with Crippen molar-refractivity contribution >= 4 is 17.5 Å². The van der Waals surface area contributed by atoms with Gasteiger partial charge in [0, 0.05) is 57.3 Å². The summed E-state index contributed by atoms with van der Waals surface area (Å²) in [5.41, 5.74) is 1.50. The molecule has 140 valence electrons. The van der Waals surface area contributed by atoms with Crippen molar-refractivity contribution in [2.45, 2.75) is 12.5 Å². The minimum absolute atomic E-state index is 0.358. The second-order valence-corrected chi connectivity index (χ2v) is 6.82. The van der Waals surface area contributed by atoms with Crippen LogP contribution in [0, 0.1) is 11.3 Å². The van der Waals surface area contributed by atoms with Gasteiger partial charge in [-0.3, -0.25) is 0 Å². The zero-order valence-electron chi connectivity index (χ0n) is 15.5. The summed E-state index contributed by atoms with van der Waals surface area (Å²) in [5, 5.41) is 9.06. The van der Waals surface area contributed by atoms with Crippen molar-refractivity contribution in [2.24, 2.45) is 0 Å². The summed E-state index contributed by atoms with van der Waals surface area (Å²) in [7, 11) is 2.09. The van der Waals surface area contributed by atoms with Gasteiger partial charge in [-0.05, 0) is 24.6 Å². The first-order valence-corrected chi connectivity index (χ1v) is 9.24. The minimum Gasteiger partial charge on any atom is -0.378 e. The van der Waals surface area contributed by atoms with Crippen LogP contribution in [0.25, 0.3) is 0 Å². The van der Waals surface area contributed by atoms with Crippen LogP contribution in [-0.2, 0) is 4.74 Å². The molecule has 0 N–H and O–H groups in total. The fourth-order valence-electron chi connectivity index (χ4n) is 3.61. The van der Waals surface area contributed by atoms with E-state index < -0.39 is 0 Å². The first-order valence-electron chi connectivity index (χ1n) is 9.24. The molecule has 0 radical (unpaired) electrons. The molecule has 4 heterocycles. The van der Waals surface area contributed by atoms with Crippen molar-refractivity contribution in [3.8, 4) is 6.07 Å². The van der Waals surface area contributed by atoms with Crippen molar-refractivity contribution in [2.75, 3.05) is 61.1 Å². The Morgan fingerprint density at radius 3 is 2.78 bits per heavy atom. The predicted molar refractivity (Wildman–Crippen MR) is 103 cm³/mol. The van der Waals surface area contributed by atoms with Crippen LogP contribution in [-0.4, -0.2) is 67.4 Å². The average molecular weight is 365 g/mol. The Bertz CT molecular complexity index is 831. The summed E-state index contributed by atoms with van der Waals surface area (Å²) in [6.07, 6.45) is 4.57. The second-order valence-electron chi connectivity index (χ2n) is 6.82. The third-order valence-electron chi connectivity index (χ3n) is 5.22. The summed E-state index contributed by atoms with van der Waals surface area (Å²) in [5.74, 6) is 1.70. The number of morpholine rings is 1. The van der Waals surface area contributed by atoms with Gasteiger partial charge in [-0.1, -0.05) is 0 Å². The highest BCUT2D eigenvalue weighted by Crippen LogP contribution is 2.25. The lowest BCUT2D eigenvalue weighted by Gasteiger charge is -2.29. The lowest BCUT2D eigenvalue weighted by molar-refractivity contribution is 0.122. The molecule has 0 spiro atoms. The van der Waals surface area contributed by atoms with Crippen LogP contribution >= 0.6 is 0 Å². The molecule has 2 saturated heterocycles. The third-order valence-corrected chi connectivity index (χ3v) is 5.22. The monoisotopic (exact) mass is 365 g/mol. The van der Waals surface area contributed by atoms with E-state index >= 15 is 0 Å². The normalized spacial score (nSPS) is 19.8. The largest absolute Gasteiger partial charge is 0.378 e. The van der Waals surface area contributed by atoms with Gasteiger partial charge in [0.1, 0.15) is 17.6 Å². The molecule has 0 amide bonds. The van der Waals surface area contributed by atoms with Crippen LogP contribution in [0.3, 0.4) is 0 Å². The molecule has 8 nitrogen and oxygen atoms in total. The number of anilines is 3. The molecule has 0 saturated carbocycles. The van der Waals surface area contributed by atoms with Gasteiger partial charge in [-0.2, -0.15) is 10.2 Å². The molecule has 2 aromatic rings. The minimum atomic E-state index is 0.358.